The average Bonchev–Trinajstić information content (AvgIpc) is 3.04. The molecule has 3 N–H and O–H groups in total. The Morgan fingerprint density at radius 3 is 3.00 bits per heavy atom. The molecule has 5 heteroatoms. The normalized spacial score (nSPS) is 12.9. The molecule has 4 nitrogen and oxygen atoms in total. The quantitative estimate of drug-likeness (QED) is 0.558. The lowest BCUT2D eigenvalue weighted by molar-refractivity contribution is 0.436. The summed E-state index contributed by atoms with van der Waals surface area (Å²) in [6, 6.07) is 9.94. The topological polar surface area (TPSA) is 64.1 Å². The average molecular weight is 259 g/mol. The molecule has 0 aliphatic heterocycles. The van der Waals surface area contributed by atoms with Crippen molar-refractivity contribution in [2.45, 2.75) is 12.5 Å². The third-order valence-corrected chi connectivity index (χ3v) is 3.68. The summed E-state index contributed by atoms with van der Waals surface area (Å²) in [6.45, 7) is 0. The van der Waals surface area contributed by atoms with Gasteiger partial charge >= 0.3 is 0 Å². The summed E-state index contributed by atoms with van der Waals surface area (Å²) in [7, 11) is 0. The standard InChI is InChI=1S/C13H13N3OS/c14-16-11(6-10-7-15-8-18-10)13-5-9-3-1-2-4-12(9)17-13/h1-5,7-8,11,16H,6,14H2. The Bertz CT molecular complexity index is 600. The summed E-state index contributed by atoms with van der Waals surface area (Å²) >= 11 is 1.62. The van der Waals surface area contributed by atoms with E-state index in [1.807, 2.05) is 42.0 Å². The first kappa shape index (κ1) is 11.4. The van der Waals surface area contributed by atoms with Crippen LogP contribution in [0.5, 0.6) is 0 Å². The molecule has 0 aliphatic rings. The lowest BCUT2D eigenvalue weighted by Crippen LogP contribution is -2.29. The Balaban J connectivity index is 1.90. The highest BCUT2D eigenvalue weighted by Crippen LogP contribution is 2.26. The smallest absolute Gasteiger partial charge is 0.134 e. The zero-order valence-corrected chi connectivity index (χ0v) is 10.5. The first-order valence-electron chi connectivity index (χ1n) is 5.69. The second-order valence-corrected chi connectivity index (χ2v) is 5.05. The first-order valence-corrected chi connectivity index (χ1v) is 6.57. The minimum Gasteiger partial charge on any atom is -0.459 e. The number of rotatable bonds is 4. The minimum absolute atomic E-state index is 0.0298. The summed E-state index contributed by atoms with van der Waals surface area (Å²) in [5.41, 5.74) is 5.51. The summed E-state index contributed by atoms with van der Waals surface area (Å²) in [5, 5.41) is 1.09. The van der Waals surface area contributed by atoms with E-state index in [2.05, 4.69) is 10.4 Å². The molecule has 0 bridgehead atoms. The fourth-order valence-corrected chi connectivity index (χ4v) is 2.60. The zero-order valence-electron chi connectivity index (χ0n) is 9.67. The lowest BCUT2D eigenvalue weighted by Gasteiger charge is -2.11. The van der Waals surface area contributed by atoms with E-state index in [1.165, 1.54) is 4.88 Å². The van der Waals surface area contributed by atoms with E-state index in [1.54, 1.807) is 11.3 Å². The molecular formula is C13H13N3OS. The molecule has 0 saturated heterocycles. The molecule has 0 fully saturated rings. The molecule has 0 spiro atoms. The van der Waals surface area contributed by atoms with Gasteiger partial charge in [0.05, 0.1) is 11.6 Å². The number of hydrazine groups is 1. The predicted octanol–water partition coefficient (Wildman–Crippen LogP) is 2.64. The molecular weight excluding hydrogens is 246 g/mol. The maximum atomic E-state index is 5.81. The molecule has 1 atom stereocenters. The van der Waals surface area contributed by atoms with Crippen LogP contribution in [0.15, 0.2) is 46.5 Å². The number of thiazole rings is 1. The number of hydrogen-bond donors (Lipinski definition) is 2. The number of nitrogens with one attached hydrogen (secondary N) is 1. The van der Waals surface area contributed by atoms with Crippen molar-refractivity contribution in [1.29, 1.82) is 0 Å². The number of nitrogens with zero attached hydrogens (tertiary/aromatic N) is 1. The molecule has 3 rings (SSSR count). The minimum atomic E-state index is -0.0298. The Hall–Kier alpha value is -1.69. The second kappa shape index (κ2) is 4.89. The number of aromatic nitrogens is 1. The molecule has 92 valence electrons. The van der Waals surface area contributed by atoms with E-state index in [-0.39, 0.29) is 6.04 Å². The molecule has 2 heterocycles. The van der Waals surface area contributed by atoms with Gasteiger partial charge in [0.2, 0.25) is 0 Å². The van der Waals surface area contributed by atoms with Gasteiger partial charge in [-0.3, -0.25) is 10.8 Å². The SMILES string of the molecule is NNC(Cc1cncs1)c1cc2ccccc2o1. The van der Waals surface area contributed by atoms with Crippen molar-refractivity contribution in [3.8, 4) is 0 Å². The Morgan fingerprint density at radius 1 is 1.39 bits per heavy atom. The fourth-order valence-electron chi connectivity index (χ4n) is 1.96. The van der Waals surface area contributed by atoms with E-state index in [0.29, 0.717) is 0 Å². The highest BCUT2D eigenvalue weighted by Gasteiger charge is 2.16. The Kier molecular flexibility index (Phi) is 3.10. The van der Waals surface area contributed by atoms with Crippen molar-refractivity contribution in [2.75, 3.05) is 0 Å². The third kappa shape index (κ3) is 2.15. The van der Waals surface area contributed by atoms with Crippen LogP contribution >= 0.6 is 11.3 Å². The van der Waals surface area contributed by atoms with E-state index in [4.69, 9.17) is 10.3 Å². The van der Waals surface area contributed by atoms with Crippen LogP contribution in [0.1, 0.15) is 16.7 Å². The van der Waals surface area contributed by atoms with Gasteiger partial charge < -0.3 is 4.42 Å². The van der Waals surface area contributed by atoms with Gasteiger partial charge in [0.15, 0.2) is 0 Å². The summed E-state index contributed by atoms with van der Waals surface area (Å²) in [6.07, 6.45) is 2.64. The number of benzene rings is 1. The van der Waals surface area contributed by atoms with Crippen LogP contribution in [0.2, 0.25) is 0 Å². The maximum absolute atomic E-state index is 5.81. The van der Waals surface area contributed by atoms with E-state index < -0.39 is 0 Å². The van der Waals surface area contributed by atoms with Crippen molar-refractivity contribution in [3.05, 3.63) is 52.7 Å². The number of furan rings is 1. The Labute approximate surface area is 108 Å². The van der Waals surface area contributed by atoms with Gasteiger partial charge in [0.1, 0.15) is 11.3 Å². The van der Waals surface area contributed by atoms with Crippen LogP contribution in [0.4, 0.5) is 0 Å². The monoisotopic (exact) mass is 259 g/mol. The van der Waals surface area contributed by atoms with Gasteiger partial charge in [-0.15, -0.1) is 11.3 Å². The summed E-state index contributed by atoms with van der Waals surface area (Å²) < 4.78 is 5.81. The van der Waals surface area contributed by atoms with Crippen molar-refractivity contribution < 1.29 is 4.42 Å². The third-order valence-electron chi connectivity index (χ3n) is 2.88. The van der Waals surface area contributed by atoms with Crippen LogP contribution < -0.4 is 11.3 Å². The second-order valence-electron chi connectivity index (χ2n) is 4.08. The lowest BCUT2D eigenvalue weighted by atomic mass is 10.1. The van der Waals surface area contributed by atoms with Gasteiger partial charge in [0.25, 0.3) is 0 Å². The fraction of sp³-hybridized carbons (Fsp3) is 0.154. The number of para-hydroxylation sites is 1. The van der Waals surface area contributed by atoms with Crippen molar-refractivity contribution in [1.82, 2.24) is 10.4 Å². The number of nitrogens with two attached hydrogens (primary N) is 1. The molecule has 0 amide bonds. The van der Waals surface area contributed by atoms with Crippen molar-refractivity contribution in [2.24, 2.45) is 5.84 Å². The molecule has 1 unspecified atom stereocenters. The molecule has 0 radical (unpaired) electrons. The van der Waals surface area contributed by atoms with Gasteiger partial charge in [-0.25, -0.2) is 5.43 Å². The summed E-state index contributed by atoms with van der Waals surface area (Å²) in [4.78, 5) is 5.24. The largest absolute Gasteiger partial charge is 0.459 e. The number of fused-ring (bicyclic) bond motifs is 1. The van der Waals surface area contributed by atoms with Gasteiger partial charge in [-0.2, -0.15) is 0 Å². The maximum Gasteiger partial charge on any atom is 0.134 e. The molecule has 1 aromatic carbocycles. The highest BCUT2D eigenvalue weighted by molar-refractivity contribution is 7.09. The molecule has 0 saturated carbocycles. The van der Waals surface area contributed by atoms with E-state index >= 15 is 0 Å². The van der Waals surface area contributed by atoms with Crippen LogP contribution in [-0.2, 0) is 6.42 Å². The first-order chi connectivity index (χ1) is 8.86. The number of hydrogen-bond acceptors (Lipinski definition) is 5. The summed E-state index contributed by atoms with van der Waals surface area (Å²) in [5.74, 6) is 6.47. The molecule has 2 aromatic heterocycles. The predicted molar refractivity (Wildman–Crippen MR) is 72.1 cm³/mol. The van der Waals surface area contributed by atoms with Crippen molar-refractivity contribution >= 4 is 22.3 Å². The highest BCUT2D eigenvalue weighted by atomic mass is 32.1. The van der Waals surface area contributed by atoms with Gasteiger partial charge in [0, 0.05) is 22.9 Å². The van der Waals surface area contributed by atoms with Gasteiger partial charge in [-0.1, -0.05) is 18.2 Å². The van der Waals surface area contributed by atoms with E-state index in [0.717, 1.165) is 23.2 Å². The van der Waals surface area contributed by atoms with Crippen LogP contribution in [0.25, 0.3) is 11.0 Å². The van der Waals surface area contributed by atoms with E-state index in [9.17, 15) is 0 Å². The van der Waals surface area contributed by atoms with Crippen LogP contribution in [0.3, 0.4) is 0 Å². The molecule has 0 aliphatic carbocycles. The van der Waals surface area contributed by atoms with Crippen LogP contribution in [0, 0.1) is 0 Å². The Morgan fingerprint density at radius 2 is 2.28 bits per heavy atom. The van der Waals surface area contributed by atoms with Crippen LogP contribution in [-0.4, -0.2) is 4.98 Å². The van der Waals surface area contributed by atoms with Gasteiger partial charge in [-0.05, 0) is 12.1 Å². The van der Waals surface area contributed by atoms with Crippen molar-refractivity contribution in [3.63, 3.8) is 0 Å². The molecule has 18 heavy (non-hydrogen) atoms. The zero-order chi connectivity index (χ0) is 12.4. The molecule has 3 aromatic rings.